The van der Waals surface area contributed by atoms with Crippen LogP contribution in [0.15, 0.2) is 0 Å². The van der Waals surface area contributed by atoms with Gasteiger partial charge in [-0.1, -0.05) is 0 Å². The lowest BCUT2D eigenvalue weighted by atomic mass is 10.1. The van der Waals surface area contributed by atoms with E-state index < -0.39 is 24.0 Å². The van der Waals surface area contributed by atoms with Gasteiger partial charge in [0.1, 0.15) is 0 Å². The molecule has 0 aliphatic carbocycles. The van der Waals surface area contributed by atoms with Crippen LogP contribution in [0.4, 0.5) is 0 Å². The van der Waals surface area contributed by atoms with Gasteiger partial charge in [-0.05, 0) is 6.92 Å². The van der Waals surface area contributed by atoms with E-state index in [1.807, 2.05) is 0 Å². The van der Waals surface area contributed by atoms with Crippen LogP contribution in [0.1, 0.15) is 13.3 Å². The number of morpholine rings is 1. The van der Waals surface area contributed by atoms with Crippen molar-refractivity contribution >= 4 is 11.9 Å². The summed E-state index contributed by atoms with van der Waals surface area (Å²) in [7, 11) is 0. The van der Waals surface area contributed by atoms with Gasteiger partial charge in [0.25, 0.3) is 0 Å². The fourth-order valence-corrected chi connectivity index (χ4v) is 1.58. The Kier molecular flexibility index (Phi) is 5.33. The highest BCUT2D eigenvalue weighted by Crippen LogP contribution is 2.02. The monoisotopic (exact) mass is 246 g/mol. The Morgan fingerprint density at radius 1 is 1.59 bits per heavy atom. The Morgan fingerprint density at radius 3 is 2.76 bits per heavy atom. The van der Waals surface area contributed by atoms with E-state index in [0.717, 1.165) is 6.54 Å². The van der Waals surface area contributed by atoms with E-state index in [0.29, 0.717) is 13.2 Å². The number of aliphatic hydroxyl groups excluding tert-OH is 1. The molecular formula is C10H18N2O5. The van der Waals surface area contributed by atoms with Crippen molar-refractivity contribution < 1.29 is 24.5 Å². The Hall–Kier alpha value is -1.18. The van der Waals surface area contributed by atoms with Crippen molar-refractivity contribution in [3.05, 3.63) is 0 Å². The number of carbonyl (C=O) groups is 2. The zero-order valence-electron chi connectivity index (χ0n) is 9.68. The lowest BCUT2D eigenvalue weighted by Crippen LogP contribution is -2.49. The summed E-state index contributed by atoms with van der Waals surface area (Å²) >= 11 is 0. The fraction of sp³-hybridized carbons (Fsp3) is 0.800. The molecule has 7 nitrogen and oxygen atoms in total. The Morgan fingerprint density at radius 2 is 2.29 bits per heavy atom. The van der Waals surface area contributed by atoms with Crippen LogP contribution in [0.25, 0.3) is 0 Å². The molecule has 1 aliphatic heterocycles. The highest BCUT2D eigenvalue weighted by molar-refractivity contribution is 5.84. The second-order valence-electron chi connectivity index (χ2n) is 4.03. The molecule has 1 fully saturated rings. The number of aliphatic hydroxyl groups is 1. The molecule has 0 aromatic carbocycles. The number of carbonyl (C=O) groups excluding carboxylic acids is 1. The summed E-state index contributed by atoms with van der Waals surface area (Å²) in [4.78, 5) is 22.3. The minimum Gasteiger partial charge on any atom is -0.480 e. The van der Waals surface area contributed by atoms with Crippen molar-refractivity contribution in [1.29, 1.82) is 0 Å². The van der Waals surface area contributed by atoms with E-state index in [-0.39, 0.29) is 12.5 Å². The van der Waals surface area contributed by atoms with Crippen LogP contribution in [0.3, 0.4) is 0 Å². The number of hydrogen-bond donors (Lipinski definition) is 4. The largest absolute Gasteiger partial charge is 0.480 e. The van der Waals surface area contributed by atoms with Gasteiger partial charge in [0.15, 0.2) is 6.04 Å². The van der Waals surface area contributed by atoms with Gasteiger partial charge < -0.3 is 25.6 Å². The van der Waals surface area contributed by atoms with Crippen LogP contribution in [-0.4, -0.2) is 60.0 Å². The number of hydrogen-bond acceptors (Lipinski definition) is 5. The van der Waals surface area contributed by atoms with Crippen LogP contribution in [0.2, 0.25) is 0 Å². The fourth-order valence-electron chi connectivity index (χ4n) is 1.58. The van der Waals surface area contributed by atoms with Gasteiger partial charge in [-0.3, -0.25) is 4.79 Å². The summed E-state index contributed by atoms with van der Waals surface area (Å²) in [6.07, 6.45) is -1.29. The third-order valence-electron chi connectivity index (χ3n) is 2.48. The number of carboxylic acids is 1. The van der Waals surface area contributed by atoms with Crippen LogP contribution >= 0.6 is 0 Å². The maximum atomic E-state index is 11.5. The molecule has 3 atom stereocenters. The number of aliphatic carboxylic acids is 1. The van der Waals surface area contributed by atoms with Crippen molar-refractivity contribution in [2.24, 2.45) is 0 Å². The van der Waals surface area contributed by atoms with E-state index in [9.17, 15) is 14.7 Å². The van der Waals surface area contributed by atoms with Crippen molar-refractivity contribution in [2.45, 2.75) is 31.6 Å². The summed E-state index contributed by atoms with van der Waals surface area (Å²) in [5.41, 5.74) is 0. The third kappa shape index (κ3) is 4.68. The SMILES string of the molecule is CC(O)C(NC(=O)CC1CNCCO1)C(=O)O. The number of carboxylic acid groups (broad SMARTS) is 1. The first-order chi connectivity index (χ1) is 8.00. The van der Waals surface area contributed by atoms with Crippen LogP contribution in [-0.2, 0) is 14.3 Å². The second-order valence-corrected chi connectivity index (χ2v) is 4.03. The van der Waals surface area contributed by atoms with Crippen molar-refractivity contribution in [3.8, 4) is 0 Å². The number of amides is 1. The molecule has 3 unspecified atom stereocenters. The molecule has 7 heteroatoms. The van der Waals surface area contributed by atoms with Crippen molar-refractivity contribution in [1.82, 2.24) is 10.6 Å². The predicted molar refractivity (Wildman–Crippen MR) is 58.5 cm³/mol. The smallest absolute Gasteiger partial charge is 0.328 e. The molecule has 0 spiro atoms. The zero-order valence-corrected chi connectivity index (χ0v) is 9.68. The molecular weight excluding hydrogens is 228 g/mol. The van der Waals surface area contributed by atoms with Crippen LogP contribution in [0, 0.1) is 0 Å². The summed E-state index contributed by atoms with van der Waals surface area (Å²) in [5.74, 6) is -1.69. The van der Waals surface area contributed by atoms with Crippen molar-refractivity contribution in [2.75, 3.05) is 19.7 Å². The molecule has 1 aliphatic rings. The predicted octanol–water partition coefficient (Wildman–Crippen LogP) is -1.68. The molecule has 0 radical (unpaired) electrons. The van der Waals surface area contributed by atoms with Gasteiger partial charge in [-0.2, -0.15) is 0 Å². The summed E-state index contributed by atoms with van der Waals surface area (Å²) in [5, 5.41) is 23.3. The first-order valence-electron chi connectivity index (χ1n) is 5.53. The second kappa shape index (κ2) is 6.53. The van der Waals surface area contributed by atoms with E-state index in [1.165, 1.54) is 6.92 Å². The topological polar surface area (TPSA) is 108 Å². The van der Waals surface area contributed by atoms with Crippen LogP contribution in [0.5, 0.6) is 0 Å². The maximum absolute atomic E-state index is 11.5. The standard InChI is InChI=1S/C10H18N2O5/c1-6(13)9(10(15)16)12-8(14)4-7-5-11-2-3-17-7/h6-7,9,11,13H,2-5H2,1H3,(H,12,14)(H,15,16). The lowest BCUT2D eigenvalue weighted by molar-refractivity contribution is -0.145. The average molecular weight is 246 g/mol. The number of ether oxygens (including phenoxy) is 1. The summed E-state index contributed by atoms with van der Waals surface area (Å²) < 4.78 is 5.32. The molecule has 0 aromatic rings. The third-order valence-corrected chi connectivity index (χ3v) is 2.48. The Bertz CT molecular complexity index is 276. The molecule has 98 valence electrons. The van der Waals surface area contributed by atoms with Gasteiger partial charge in [-0.15, -0.1) is 0 Å². The molecule has 4 N–H and O–H groups in total. The summed E-state index contributed by atoms with van der Waals surface area (Å²) in [6, 6.07) is -1.28. The minimum absolute atomic E-state index is 0.0868. The molecule has 1 amide bonds. The van der Waals surface area contributed by atoms with E-state index in [2.05, 4.69) is 10.6 Å². The van der Waals surface area contributed by atoms with Gasteiger partial charge in [0.05, 0.1) is 25.2 Å². The average Bonchev–Trinajstić information content (AvgIpc) is 2.26. The molecule has 17 heavy (non-hydrogen) atoms. The van der Waals surface area contributed by atoms with Gasteiger partial charge in [0.2, 0.25) is 5.91 Å². The van der Waals surface area contributed by atoms with Gasteiger partial charge in [-0.25, -0.2) is 4.79 Å². The van der Waals surface area contributed by atoms with Crippen LogP contribution < -0.4 is 10.6 Å². The van der Waals surface area contributed by atoms with Crippen molar-refractivity contribution in [3.63, 3.8) is 0 Å². The van der Waals surface area contributed by atoms with Gasteiger partial charge in [0, 0.05) is 13.1 Å². The molecule has 1 saturated heterocycles. The maximum Gasteiger partial charge on any atom is 0.328 e. The van der Waals surface area contributed by atoms with E-state index in [1.54, 1.807) is 0 Å². The molecule has 1 heterocycles. The first-order valence-corrected chi connectivity index (χ1v) is 5.53. The molecule has 0 bridgehead atoms. The summed E-state index contributed by atoms with van der Waals surface area (Å²) in [6.45, 7) is 3.18. The van der Waals surface area contributed by atoms with Gasteiger partial charge >= 0.3 is 5.97 Å². The van der Waals surface area contributed by atoms with E-state index in [4.69, 9.17) is 9.84 Å². The normalized spacial score (nSPS) is 23.8. The highest BCUT2D eigenvalue weighted by atomic mass is 16.5. The number of nitrogens with one attached hydrogen (secondary N) is 2. The quantitative estimate of drug-likeness (QED) is 0.461. The lowest BCUT2D eigenvalue weighted by Gasteiger charge is -2.24. The zero-order chi connectivity index (χ0) is 12.8. The first kappa shape index (κ1) is 13.9. The minimum atomic E-state index is -1.28. The Labute approximate surface area is 99.1 Å². The molecule has 1 rings (SSSR count). The van der Waals surface area contributed by atoms with E-state index >= 15 is 0 Å². The highest BCUT2D eigenvalue weighted by Gasteiger charge is 2.26. The number of rotatable bonds is 5. The molecule has 0 saturated carbocycles. The Balaban J connectivity index is 2.38. The molecule has 0 aromatic heterocycles.